The minimum Gasteiger partial charge on any atom is -0.209 e. The number of hydrogen-bond donors (Lipinski definition) is 1. The van der Waals surface area contributed by atoms with Gasteiger partial charge in [-0.15, -0.1) is 11.3 Å². The molecule has 1 aromatic rings. The second-order valence-electron chi connectivity index (χ2n) is 3.42. The molecule has 0 aliphatic carbocycles. The summed E-state index contributed by atoms with van der Waals surface area (Å²) in [5, 5.41) is 0.277. The molecule has 16 heavy (non-hydrogen) atoms. The summed E-state index contributed by atoms with van der Waals surface area (Å²) in [6, 6.07) is 1.68. The highest BCUT2D eigenvalue weighted by Crippen LogP contribution is 2.30. The first-order chi connectivity index (χ1) is 7.36. The van der Waals surface area contributed by atoms with Crippen molar-refractivity contribution in [3.8, 4) is 0 Å². The van der Waals surface area contributed by atoms with Gasteiger partial charge in [0.25, 0.3) is 0 Å². The van der Waals surface area contributed by atoms with Crippen molar-refractivity contribution in [2.24, 2.45) is 0 Å². The molecule has 1 heterocycles. The van der Waals surface area contributed by atoms with Crippen molar-refractivity contribution >= 4 is 49.1 Å². The summed E-state index contributed by atoms with van der Waals surface area (Å²) in [6.07, 6.45) is 1.96. The number of hydrogen-bond acceptors (Lipinski definition) is 4. The molecule has 1 atom stereocenters. The Hall–Kier alpha value is 0.440. The molecule has 0 saturated carbocycles. The van der Waals surface area contributed by atoms with E-state index in [2.05, 4.69) is 20.7 Å². The molecule has 0 aliphatic heterocycles. The minimum atomic E-state index is -3.34. The van der Waals surface area contributed by atoms with E-state index in [1.165, 1.54) is 11.3 Å². The molecule has 0 fully saturated rings. The Kier molecular flexibility index (Phi) is 5.31. The van der Waals surface area contributed by atoms with Crippen molar-refractivity contribution in [2.75, 3.05) is 12.8 Å². The molecule has 0 aromatic carbocycles. The van der Waals surface area contributed by atoms with Crippen molar-refractivity contribution in [1.29, 1.82) is 0 Å². The standard InChI is InChI=1S/C9H14BrNO2S3/c1-6-4-8(15-9(6)10)16(12,13)11-5-7(2)14-3/h4,7,11H,5H2,1-3H3. The SMILES string of the molecule is CSC(C)CNS(=O)(=O)c1cc(C)c(Br)s1. The molecule has 7 heteroatoms. The van der Waals surface area contributed by atoms with Gasteiger partial charge >= 0.3 is 0 Å². The van der Waals surface area contributed by atoms with Crippen LogP contribution in [-0.2, 0) is 10.0 Å². The second-order valence-corrected chi connectivity index (χ2v) is 9.06. The van der Waals surface area contributed by atoms with E-state index in [0.717, 1.165) is 9.35 Å². The molecule has 1 rings (SSSR count). The van der Waals surface area contributed by atoms with Crippen molar-refractivity contribution in [2.45, 2.75) is 23.3 Å². The maximum Gasteiger partial charge on any atom is 0.250 e. The number of thiophene rings is 1. The van der Waals surface area contributed by atoms with Crippen LogP contribution in [-0.4, -0.2) is 26.5 Å². The second kappa shape index (κ2) is 5.86. The summed E-state index contributed by atoms with van der Waals surface area (Å²) in [5.41, 5.74) is 0.947. The third-order valence-electron chi connectivity index (χ3n) is 2.06. The number of sulfonamides is 1. The van der Waals surface area contributed by atoms with Crippen LogP contribution in [0.25, 0.3) is 0 Å². The lowest BCUT2D eigenvalue weighted by Gasteiger charge is -2.09. The first-order valence-electron chi connectivity index (χ1n) is 4.65. The Morgan fingerprint density at radius 2 is 2.25 bits per heavy atom. The van der Waals surface area contributed by atoms with Gasteiger partial charge in [0.2, 0.25) is 10.0 Å². The molecule has 0 spiro atoms. The van der Waals surface area contributed by atoms with Gasteiger partial charge in [-0.1, -0.05) is 6.92 Å². The number of thioether (sulfide) groups is 1. The first-order valence-corrected chi connectivity index (χ1v) is 9.03. The molecule has 0 radical (unpaired) electrons. The topological polar surface area (TPSA) is 46.2 Å². The van der Waals surface area contributed by atoms with E-state index in [-0.39, 0.29) is 5.25 Å². The lowest BCUT2D eigenvalue weighted by atomic mass is 10.4. The lowest BCUT2D eigenvalue weighted by molar-refractivity contribution is 0.583. The zero-order chi connectivity index (χ0) is 12.3. The first kappa shape index (κ1) is 14.5. The van der Waals surface area contributed by atoms with Crippen molar-refractivity contribution in [3.63, 3.8) is 0 Å². The number of nitrogens with one attached hydrogen (secondary N) is 1. The zero-order valence-corrected chi connectivity index (χ0v) is 13.3. The van der Waals surface area contributed by atoms with Crippen molar-refractivity contribution < 1.29 is 8.42 Å². The van der Waals surface area contributed by atoms with Crippen LogP contribution < -0.4 is 4.72 Å². The Bertz CT molecular complexity index is 436. The maximum atomic E-state index is 11.9. The smallest absolute Gasteiger partial charge is 0.209 e. The zero-order valence-electron chi connectivity index (χ0n) is 9.28. The number of rotatable bonds is 5. The maximum absolute atomic E-state index is 11.9. The van der Waals surface area contributed by atoms with Gasteiger partial charge in [-0.05, 0) is 40.7 Å². The molecule has 0 saturated heterocycles. The average molecular weight is 344 g/mol. The third-order valence-corrected chi connectivity index (χ3v) is 7.07. The van der Waals surface area contributed by atoms with E-state index >= 15 is 0 Å². The Morgan fingerprint density at radius 3 is 2.69 bits per heavy atom. The minimum absolute atomic E-state index is 0.277. The fourth-order valence-electron chi connectivity index (χ4n) is 0.946. The summed E-state index contributed by atoms with van der Waals surface area (Å²) < 4.78 is 27.6. The van der Waals surface area contributed by atoms with E-state index in [1.54, 1.807) is 17.8 Å². The van der Waals surface area contributed by atoms with Gasteiger partial charge < -0.3 is 0 Å². The number of aryl methyl sites for hydroxylation is 1. The number of halogens is 1. The highest BCUT2D eigenvalue weighted by atomic mass is 79.9. The van der Waals surface area contributed by atoms with Gasteiger partial charge in [-0.3, -0.25) is 0 Å². The van der Waals surface area contributed by atoms with Crippen LogP contribution in [0.3, 0.4) is 0 Å². The Balaban J connectivity index is 2.78. The monoisotopic (exact) mass is 343 g/mol. The van der Waals surface area contributed by atoms with Gasteiger partial charge in [0.1, 0.15) is 4.21 Å². The largest absolute Gasteiger partial charge is 0.250 e. The van der Waals surface area contributed by atoms with Crippen LogP contribution in [0, 0.1) is 6.92 Å². The molecular weight excluding hydrogens is 330 g/mol. The third kappa shape index (κ3) is 3.73. The lowest BCUT2D eigenvalue weighted by Crippen LogP contribution is -2.28. The van der Waals surface area contributed by atoms with Crippen LogP contribution in [0.5, 0.6) is 0 Å². The van der Waals surface area contributed by atoms with E-state index in [1.807, 2.05) is 20.1 Å². The fraction of sp³-hybridized carbons (Fsp3) is 0.556. The van der Waals surface area contributed by atoms with Gasteiger partial charge in [-0.2, -0.15) is 11.8 Å². The van der Waals surface area contributed by atoms with E-state index in [9.17, 15) is 8.42 Å². The van der Waals surface area contributed by atoms with E-state index in [0.29, 0.717) is 10.8 Å². The van der Waals surface area contributed by atoms with Crippen LogP contribution in [0.2, 0.25) is 0 Å². The van der Waals surface area contributed by atoms with Crippen molar-refractivity contribution in [1.82, 2.24) is 4.72 Å². The van der Waals surface area contributed by atoms with E-state index < -0.39 is 10.0 Å². The molecule has 0 bridgehead atoms. The molecule has 1 aromatic heterocycles. The summed E-state index contributed by atoms with van der Waals surface area (Å²) in [5.74, 6) is 0. The van der Waals surface area contributed by atoms with Crippen LogP contribution >= 0.6 is 39.0 Å². The highest BCUT2D eigenvalue weighted by molar-refractivity contribution is 9.11. The molecule has 0 amide bonds. The molecule has 0 aliphatic rings. The quantitative estimate of drug-likeness (QED) is 0.893. The molecular formula is C9H14BrNO2S3. The summed E-state index contributed by atoms with van der Waals surface area (Å²) in [6.45, 7) is 4.32. The summed E-state index contributed by atoms with van der Waals surface area (Å²) in [4.78, 5) is 0. The van der Waals surface area contributed by atoms with Crippen LogP contribution in [0.15, 0.2) is 14.1 Å². The van der Waals surface area contributed by atoms with Gasteiger partial charge in [0.05, 0.1) is 3.79 Å². The molecule has 92 valence electrons. The normalized spacial score (nSPS) is 14.0. The Morgan fingerprint density at radius 1 is 1.62 bits per heavy atom. The predicted molar refractivity (Wildman–Crippen MR) is 74.9 cm³/mol. The van der Waals surface area contributed by atoms with Crippen LogP contribution in [0.1, 0.15) is 12.5 Å². The van der Waals surface area contributed by atoms with Crippen LogP contribution in [0.4, 0.5) is 0 Å². The molecule has 1 N–H and O–H groups in total. The Labute approximate surface area is 113 Å². The van der Waals surface area contributed by atoms with Gasteiger partial charge in [0.15, 0.2) is 0 Å². The predicted octanol–water partition coefficient (Wildman–Crippen LogP) is 2.85. The summed E-state index contributed by atoms with van der Waals surface area (Å²) >= 11 is 6.20. The van der Waals surface area contributed by atoms with Gasteiger partial charge in [-0.25, -0.2) is 13.1 Å². The van der Waals surface area contributed by atoms with E-state index in [4.69, 9.17) is 0 Å². The highest BCUT2D eigenvalue weighted by Gasteiger charge is 2.18. The molecule has 1 unspecified atom stereocenters. The van der Waals surface area contributed by atoms with Crippen molar-refractivity contribution in [3.05, 3.63) is 15.4 Å². The van der Waals surface area contributed by atoms with Gasteiger partial charge in [0, 0.05) is 11.8 Å². The fourth-order valence-corrected chi connectivity index (χ4v) is 4.70. The summed E-state index contributed by atoms with van der Waals surface area (Å²) in [7, 11) is -3.34. The molecule has 3 nitrogen and oxygen atoms in total. The average Bonchev–Trinajstić information content (AvgIpc) is 2.56.